The molecule has 0 bridgehead atoms. The molecule has 114 valence electrons. The second kappa shape index (κ2) is 9.25. The van der Waals surface area contributed by atoms with Gasteiger partial charge in [0.05, 0.1) is 6.61 Å². The summed E-state index contributed by atoms with van der Waals surface area (Å²) in [6.45, 7) is 7.71. The zero-order chi connectivity index (χ0) is 13.5. The maximum atomic E-state index is 5.86. The summed E-state index contributed by atoms with van der Waals surface area (Å²) in [4.78, 5) is 0. The number of hydrogen-bond donors (Lipinski definition) is 1. The summed E-state index contributed by atoms with van der Waals surface area (Å²) in [6, 6.07) is 8.63. The molecule has 0 aliphatic carbocycles. The second-order valence-corrected chi connectivity index (χ2v) is 5.71. The maximum Gasteiger partial charge on any atom is 0.119 e. The smallest absolute Gasteiger partial charge is 0.119 e. The lowest BCUT2D eigenvalue weighted by Gasteiger charge is -2.22. The molecule has 0 spiro atoms. The third-order valence-electron chi connectivity index (χ3n) is 4.32. The van der Waals surface area contributed by atoms with Crippen molar-refractivity contribution in [3.05, 3.63) is 29.8 Å². The average molecular weight is 298 g/mol. The molecule has 0 radical (unpaired) electrons. The molecule has 0 saturated carbocycles. The van der Waals surface area contributed by atoms with Gasteiger partial charge in [0.1, 0.15) is 5.75 Å². The van der Waals surface area contributed by atoms with E-state index in [0.717, 1.165) is 18.3 Å². The van der Waals surface area contributed by atoms with Gasteiger partial charge in [-0.1, -0.05) is 26.0 Å². The summed E-state index contributed by atoms with van der Waals surface area (Å²) < 4.78 is 5.86. The van der Waals surface area contributed by atoms with E-state index in [1.165, 1.54) is 44.3 Å². The molecule has 2 rings (SSSR count). The van der Waals surface area contributed by atoms with E-state index in [1.807, 2.05) is 0 Å². The number of benzene rings is 1. The molecular weight excluding hydrogens is 270 g/mol. The van der Waals surface area contributed by atoms with Crippen LogP contribution < -0.4 is 10.1 Å². The van der Waals surface area contributed by atoms with Gasteiger partial charge in [-0.15, -0.1) is 12.4 Å². The number of halogens is 1. The highest BCUT2D eigenvalue weighted by Gasteiger charge is 2.12. The van der Waals surface area contributed by atoms with Gasteiger partial charge < -0.3 is 10.1 Å². The topological polar surface area (TPSA) is 21.3 Å². The van der Waals surface area contributed by atoms with Crippen molar-refractivity contribution >= 4 is 12.4 Å². The van der Waals surface area contributed by atoms with E-state index in [0.29, 0.717) is 5.92 Å². The predicted molar refractivity (Wildman–Crippen MR) is 88.1 cm³/mol. The van der Waals surface area contributed by atoms with Crippen LogP contribution >= 0.6 is 12.4 Å². The van der Waals surface area contributed by atoms with Crippen molar-refractivity contribution < 1.29 is 4.74 Å². The molecule has 1 N–H and O–H groups in total. The Bertz CT molecular complexity index is 360. The van der Waals surface area contributed by atoms with Gasteiger partial charge >= 0.3 is 0 Å². The van der Waals surface area contributed by atoms with Crippen molar-refractivity contribution in [2.24, 2.45) is 5.92 Å². The second-order valence-electron chi connectivity index (χ2n) is 5.71. The first-order valence-corrected chi connectivity index (χ1v) is 7.73. The molecule has 0 aromatic heterocycles. The monoisotopic (exact) mass is 297 g/mol. The Morgan fingerprint density at radius 1 is 1.20 bits per heavy atom. The predicted octanol–water partition coefficient (Wildman–Crippen LogP) is 4.39. The van der Waals surface area contributed by atoms with E-state index < -0.39 is 0 Å². The SMILES string of the molecule is CCC(C)c1ccc(OCCC2CCNCC2)cc1.Cl. The van der Waals surface area contributed by atoms with Crippen LogP contribution in [0.4, 0.5) is 0 Å². The molecule has 1 saturated heterocycles. The first-order chi connectivity index (χ1) is 9.29. The molecule has 1 aromatic rings. The fourth-order valence-electron chi connectivity index (χ4n) is 2.64. The van der Waals surface area contributed by atoms with E-state index in [1.54, 1.807) is 0 Å². The molecule has 0 amide bonds. The zero-order valence-corrected chi connectivity index (χ0v) is 13.5. The molecule has 1 aromatic carbocycles. The fourth-order valence-corrected chi connectivity index (χ4v) is 2.64. The lowest BCUT2D eigenvalue weighted by atomic mass is 9.95. The third kappa shape index (κ3) is 5.34. The largest absolute Gasteiger partial charge is 0.494 e. The summed E-state index contributed by atoms with van der Waals surface area (Å²) in [6.07, 6.45) is 4.98. The van der Waals surface area contributed by atoms with Crippen LogP contribution in [0.15, 0.2) is 24.3 Å². The van der Waals surface area contributed by atoms with Crippen LogP contribution in [0.2, 0.25) is 0 Å². The van der Waals surface area contributed by atoms with Gasteiger partial charge in [0.2, 0.25) is 0 Å². The minimum atomic E-state index is 0. The lowest BCUT2D eigenvalue weighted by molar-refractivity contribution is 0.252. The Kier molecular flexibility index (Phi) is 8.01. The lowest BCUT2D eigenvalue weighted by Crippen LogP contribution is -2.28. The molecule has 3 heteroatoms. The van der Waals surface area contributed by atoms with Gasteiger partial charge in [-0.05, 0) is 68.3 Å². The van der Waals surface area contributed by atoms with Crippen LogP contribution in [-0.4, -0.2) is 19.7 Å². The number of hydrogen-bond acceptors (Lipinski definition) is 2. The Morgan fingerprint density at radius 2 is 1.85 bits per heavy atom. The van der Waals surface area contributed by atoms with Crippen LogP contribution in [0.25, 0.3) is 0 Å². The minimum absolute atomic E-state index is 0. The van der Waals surface area contributed by atoms with Gasteiger partial charge in [-0.3, -0.25) is 0 Å². The van der Waals surface area contributed by atoms with Crippen LogP contribution in [0.3, 0.4) is 0 Å². The number of piperidine rings is 1. The molecule has 1 aliphatic rings. The Labute approximate surface area is 129 Å². The van der Waals surface area contributed by atoms with Crippen LogP contribution in [0.1, 0.15) is 51.0 Å². The van der Waals surface area contributed by atoms with Crippen molar-refractivity contribution in [3.63, 3.8) is 0 Å². The van der Waals surface area contributed by atoms with Crippen LogP contribution in [0, 0.1) is 5.92 Å². The Balaban J connectivity index is 0.00000200. The highest BCUT2D eigenvalue weighted by Crippen LogP contribution is 2.22. The van der Waals surface area contributed by atoms with E-state index in [-0.39, 0.29) is 12.4 Å². The normalized spacial score (nSPS) is 17.3. The van der Waals surface area contributed by atoms with Gasteiger partial charge in [-0.2, -0.15) is 0 Å². The van der Waals surface area contributed by atoms with Gasteiger partial charge in [-0.25, -0.2) is 0 Å². The highest BCUT2D eigenvalue weighted by atomic mass is 35.5. The summed E-state index contributed by atoms with van der Waals surface area (Å²) in [5.41, 5.74) is 1.41. The molecule has 1 atom stereocenters. The standard InChI is InChI=1S/C17H27NO.ClH/c1-3-14(2)16-4-6-17(7-5-16)19-13-10-15-8-11-18-12-9-15;/h4-7,14-15,18H,3,8-13H2,1-2H3;1H. The van der Waals surface area contributed by atoms with Crippen molar-refractivity contribution in [3.8, 4) is 5.75 Å². The van der Waals surface area contributed by atoms with Crippen LogP contribution in [-0.2, 0) is 0 Å². The van der Waals surface area contributed by atoms with Gasteiger partial charge in [0.15, 0.2) is 0 Å². The Morgan fingerprint density at radius 3 is 2.45 bits per heavy atom. The molecule has 1 fully saturated rings. The first kappa shape index (κ1) is 17.3. The average Bonchev–Trinajstić information content (AvgIpc) is 2.48. The minimum Gasteiger partial charge on any atom is -0.494 e. The summed E-state index contributed by atoms with van der Waals surface area (Å²) in [5.74, 6) is 2.51. The zero-order valence-electron chi connectivity index (χ0n) is 12.7. The molecular formula is C17H28ClNO. The van der Waals surface area contributed by atoms with Crippen LogP contribution in [0.5, 0.6) is 5.75 Å². The molecule has 2 nitrogen and oxygen atoms in total. The number of ether oxygens (including phenoxy) is 1. The van der Waals surface area contributed by atoms with E-state index in [2.05, 4.69) is 43.4 Å². The summed E-state index contributed by atoms with van der Waals surface area (Å²) >= 11 is 0. The van der Waals surface area contributed by atoms with Crippen molar-refractivity contribution in [2.45, 2.75) is 45.4 Å². The van der Waals surface area contributed by atoms with Gasteiger partial charge in [0.25, 0.3) is 0 Å². The first-order valence-electron chi connectivity index (χ1n) is 7.73. The Hall–Kier alpha value is -0.730. The van der Waals surface area contributed by atoms with E-state index >= 15 is 0 Å². The highest BCUT2D eigenvalue weighted by molar-refractivity contribution is 5.85. The fraction of sp³-hybridized carbons (Fsp3) is 0.647. The van der Waals surface area contributed by atoms with E-state index in [4.69, 9.17) is 4.74 Å². The van der Waals surface area contributed by atoms with Crippen molar-refractivity contribution in [1.29, 1.82) is 0 Å². The quantitative estimate of drug-likeness (QED) is 0.841. The number of rotatable bonds is 6. The molecule has 1 aliphatic heterocycles. The maximum absolute atomic E-state index is 5.86. The third-order valence-corrected chi connectivity index (χ3v) is 4.32. The molecule has 20 heavy (non-hydrogen) atoms. The van der Waals surface area contributed by atoms with E-state index in [9.17, 15) is 0 Å². The molecule has 1 heterocycles. The van der Waals surface area contributed by atoms with Crippen molar-refractivity contribution in [2.75, 3.05) is 19.7 Å². The van der Waals surface area contributed by atoms with Gasteiger partial charge in [0, 0.05) is 0 Å². The molecule has 1 unspecified atom stereocenters. The van der Waals surface area contributed by atoms with Crippen molar-refractivity contribution in [1.82, 2.24) is 5.32 Å². The summed E-state index contributed by atoms with van der Waals surface area (Å²) in [5, 5.41) is 3.40. The number of nitrogens with one attached hydrogen (secondary N) is 1. The summed E-state index contributed by atoms with van der Waals surface area (Å²) in [7, 11) is 0.